The van der Waals surface area contributed by atoms with Gasteiger partial charge in [-0.05, 0) is 48.4 Å². The maximum Gasteiger partial charge on any atom is 0.229 e. The Morgan fingerprint density at radius 1 is 1.00 bits per heavy atom. The van der Waals surface area contributed by atoms with E-state index in [0.717, 1.165) is 16.6 Å². The number of hydrogen-bond donors (Lipinski definition) is 0. The van der Waals surface area contributed by atoms with Gasteiger partial charge in [-0.3, -0.25) is 9.69 Å². The van der Waals surface area contributed by atoms with Gasteiger partial charge in [0.2, 0.25) is 11.8 Å². The number of hydrogen-bond acceptors (Lipinski definition) is 5. The fraction of sp³-hybridized carbons (Fsp3) is 0.200. The van der Waals surface area contributed by atoms with E-state index >= 15 is 4.39 Å². The summed E-state index contributed by atoms with van der Waals surface area (Å²) >= 11 is 0. The van der Waals surface area contributed by atoms with Crippen molar-refractivity contribution in [3.05, 3.63) is 102 Å². The van der Waals surface area contributed by atoms with Gasteiger partial charge >= 0.3 is 0 Å². The number of carbonyl (C=O) groups excluding carboxylic acids is 1. The summed E-state index contributed by atoms with van der Waals surface area (Å²) in [6.45, 7) is 2.68. The van der Waals surface area contributed by atoms with Crippen molar-refractivity contribution in [2.75, 3.05) is 18.6 Å². The van der Waals surface area contributed by atoms with Crippen molar-refractivity contribution < 1.29 is 18.3 Å². The van der Waals surface area contributed by atoms with Crippen LogP contribution in [0.5, 0.6) is 5.88 Å². The predicted octanol–water partition coefficient (Wildman–Crippen LogP) is 5.72. The van der Waals surface area contributed by atoms with Gasteiger partial charge in [-0.25, -0.2) is 23.7 Å². The molecule has 0 N–H and O–H groups in total. The first-order chi connectivity index (χ1) is 18.9. The Bertz CT molecular complexity index is 1670. The van der Waals surface area contributed by atoms with Gasteiger partial charge in [0.15, 0.2) is 0 Å². The average molecular weight is 526 g/mol. The van der Waals surface area contributed by atoms with Crippen molar-refractivity contribution in [1.82, 2.24) is 19.5 Å². The number of halogens is 2. The minimum atomic E-state index is -0.412. The predicted molar refractivity (Wildman–Crippen MR) is 144 cm³/mol. The minimum Gasteiger partial charge on any atom is -0.481 e. The van der Waals surface area contributed by atoms with Gasteiger partial charge in [-0.1, -0.05) is 18.2 Å². The summed E-state index contributed by atoms with van der Waals surface area (Å²) < 4.78 is 36.2. The first-order valence-corrected chi connectivity index (χ1v) is 12.6. The third kappa shape index (κ3) is 4.60. The van der Waals surface area contributed by atoms with Crippen molar-refractivity contribution in [3.8, 4) is 17.0 Å². The van der Waals surface area contributed by atoms with Crippen LogP contribution in [0.3, 0.4) is 0 Å². The zero-order chi connectivity index (χ0) is 27.1. The zero-order valence-electron chi connectivity index (χ0n) is 21.4. The smallest absolute Gasteiger partial charge is 0.229 e. The van der Waals surface area contributed by atoms with Gasteiger partial charge in [-0.15, -0.1) is 0 Å². The van der Waals surface area contributed by atoms with E-state index in [-0.39, 0.29) is 17.8 Å². The van der Waals surface area contributed by atoms with E-state index in [1.807, 2.05) is 19.1 Å². The Hall–Kier alpha value is -4.66. The summed E-state index contributed by atoms with van der Waals surface area (Å²) in [5, 5.41) is 0. The largest absolute Gasteiger partial charge is 0.481 e. The molecule has 4 heterocycles. The molecule has 3 aromatic heterocycles. The van der Waals surface area contributed by atoms with E-state index in [9.17, 15) is 9.18 Å². The molecule has 1 amide bonds. The third-order valence-corrected chi connectivity index (χ3v) is 7.15. The number of pyridine rings is 2. The molecule has 6 rings (SSSR count). The fourth-order valence-corrected chi connectivity index (χ4v) is 4.92. The first kappa shape index (κ1) is 24.7. The van der Waals surface area contributed by atoms with Gasteiger partial charge in [-0.2, -0.15) is 0 Å². The lowest BCUT2D eigenvalue weighted by atomic mass is 10.0. The summed E-state index contributed by atoms with van der Waals surface area (Å²) in [4.78, 5) is 26.9. The number of nitrogens with zero attached hydrogens (tertiary/aromatic N) is 5. The summed E-state index contributed by atoms with van der Waals surface area (Å²) in [5.41, 5.74) is 4.04. The Balaban J connectivity index is 1.44. The number of fused-ring (bicyclic) bond motifs is 1. The molecule has 39 heavy (non-hydrogen) atoms. The lowest BCUT2D eigenvalue weighted by Gasteiger charge is -2.29. The normalized spacial score (nSPS) is 13.9. The summed E-state index contributed by atoms with van der Waals surface area (Å²) in [6.07, 6.45) is 4.29. The molecular weight excluding hydrogens is 500 g/mol. The number of methoxy groups -OCH3 is 1. The van der Waals surface area contributed by atoms with Crippen LogP contribution in [0.4, 0.5) is 14.6 Å². The molecule has 0 radical (unpaired) electrons. The van der Waals surface area contributed by atoms with Crippen molar-refractivity contribution in [1.29, 1.82) is 0 Å². The fourth-order valence-electron chi connectivity index (χ4n) is 4.92. The molecule has 0 unspecified atom stereocenters. The monoisotopic (exact) mass is 525 g/mol. The second kappa shape index (κ2) is 9.90. The molecule has 0 saturated carbocycles. The zero-order valence-corrected chi connectivity index (χ0v) is 21.4. The van der Waals surface area contributed by atoms with Crippen molar-refractivity contribution in [2.24, 2.45) is 0 Å². The lowest BCUT2D eigenvalue weighted by Crippen LogP contribution is -2.43. The number of ether oxygens (including phenoxy) is 1. The summed E-state index contributed by atoms with van der Waals surface area (Å²) in [6, 6.07) is 16.5. The van der Waals surface area contributed by atoms with Crippen LogP contribution in [-0.2, 0) is 11.2 Å². The highest BCUT2D eigenvalue weighted by Gasteiger charge is 2.26. The molecule has 9 heteroatoms. The number of anilines is 1. The van der Waals surface area contributed by atoms with Crippen LogP contribution in [0.1, 0.15) is 36.3 Å². The Kier molecular flexibility index (Phi) is 6.26. The molecular formula is C30H25F2N5O2. The maximum absolute atomic E-state index is 15.3. The van der Waals surface area contributed by atoms with Gasteiger partial charge in [0, 0.05) is 55.0 Å². The van der Waals surface area contributed by atoms with E-state index in [1.165, 1.54) is 25.3 Å². The lowest BCUT2D eigenvalue weighted by molar-refractivity contribution is -0.122. The van der Waals surface area contributed by atoms with Crippen LogP contribution in [-0.4, -0.2) is 39.1 Å². The molecule has 1 aliphatic rings. The van der Waals surface area contributed by atoms with E-state index < -0.39 is 5.82 Å². The Morgan fingerprint density at radius 3 is 2.44 bits per heavy atom. The maximum atomic E-state index is 15.3. The van der Waals surface area contributed by atoms with Crippen LogP contribution < -0.4 is 9.64 Å². The van der Waals surface area contributed by atoms with Crippen molar-refractivity contribution in [2.45, 2.75) is 25.8 Å². The molecule has 5 aromatic rings. The van der Waals surface area contributed by atoms with Gasteiger partial charge in [0.05, 0.1) is 24.2 Å². The highest BCUT2D eigenvalue weighted by Crippen LogP contribution is 2.33. The van der Waals surface area contributed by atoms with Crippen LogP contribution in [0.2, 0.25) is 0 Å². The van der Waals surface area contributed by atoms with E-state index in [4.69, 9.17) is 9.72 Å². The molecule has 1 saturated heterocycles. The highest BCUT2D eigenvalue weighted by atomic mass is 19.1. The minimum absolute atomic E-state index is 0.0649. The molecule has 7 nitrogen and oxygen atoms in total. The second-order valence-electron chi connectivity index (χ2n) is 9.53. The standard InChI is InChI=1S/C30H25F2N5O2/c1-18(20-4-7-22(31)8-5-20)37-26-14-23(21-6-10-29(39-2)34-17-21)24(32)15-25(26)35-28(37)13-19-3-9-27(33-16-19)36-12-11-30(36)38/h3-10,14-18H,11-13H2,1-2H3/t18-/m0/s1. The van der Waals surface area contributed by atoms with Crippen LogP contribution in [0, 0.1) is 11.6 Å². The van der Waals surface area contributed by atoms with Crippen LogP contribution in [0.25, 0.3) is 22.2 Å². The topological polar surface area (TPSA) is 73.1 Å². The van der Waals surface area contributed by atoms with Crippen molar-refractivity contribution >= 4 is 22.8 Å². The number of rotatable bonds is 7. The molecule has 196 valence electrons. The number of aromatic nitrogens is 4. The molecule has 0 aliphatic carbocycles. The Labute approximate surface area is 223 Å². The molecule has 1 fully saturated rings. The van der Waals surface area contributed by atoms with E-state index in [1.54, 1.807) is 47.6 Å². The van der Waals surface area contributed by atoms with Crippen molar-refractivity contribution in [3.63, 3.8) is 0 Å². The van der Waals surface area contributed by atoms with Crippen LogP contribution in [0.15, 0.2) is 73.1 Å². The molecule has 1 atom stereocenters. The number of carbonyl (C=O) groups is 1. The van der Waals surface area contributed by atoms with E-state index in [0.29, 0.717) is 53.6 Å². The van der Waals surface area contributed by atoms with Gasteiger partial charge < -0.3 is 9.30 Å². The molecule has 2 aromatic carbocycles. The molecule has 0 spiro atoms. The quantitative estimate of drug-likeness (QED) is 0.254. The summed E-state index contributed by atoms with van der Waals surface area (Å²) in [5.74, 6) is 1.12. The molecule has 1 aliphatic heterocycles. The highest BCUT2D eigenvalue weighted by molar-refractivity contribution is 5.98. The van der Waals surface area contributed by atoms with Gasteiger partial charge in [0.1, 0.15) is 23.3 Å². The first-order valence-electron chi connectivity index (χ1n) is 12.6. The Morgan fingerprint density at radius 2 is 1.82 bits per heavy atom. The number of β-lactam (4-membered cyclic amide) rings is 1. The average Bonchev–Trinajstić information content (AvgIpc) is 3.29. The third-order valence-electron chi connectivity index (χ3n) is 7.15. The number of amides is 1. The summed E-state index contributed by atoms with van der Waals surface area (Å²) in [7, 11) is 1.53. The van der Waals surface area contributed by atoms with Gasteiger partial charge in [0.25, 0.3) is 0 Å². The number of benzene rings is 2. The number of imidazole rings is 1. The second-order valence-corrected chi connectivity index (χ2v) is 9.53. The van der Waals surface area contributed by atoms with E-state index in [2.05, 4.69) is 14.5 Å². The van der Waals surface area contributed by atoms with Crippen LogP contribution >= 0.6 is 0 Å². The SMILES string of the molecule is COc1ccc(-c2cc3c(cc2F)nc(Cc2ccc(N4CCC4=O)nc2)n3[C@@H](C)c2ccc(F)cc2)cn1. The molecule has 0 bridgehead atoms.